The van der Waals surface area contributed by atoms with Gasteiger partial charge in [-0.25, -0.2) is 0 Å². The maximum absolute atomic E-state index is 6.19. The number of benzene rings is 1. The maximum Gasteiger partial charge on any atom is 0.0594 e. The summed E-state index contributed by atoms with van der Waals surface area (Å²) in [6.07, 6.45) is 0. The lowest BCUT2D eigenvalue weighted by Crippen LogP contribution is -2.40. The Kier molecular flexibility index (Phi) is 3.93. The average Bonchev–Trinajstić information content (AvgIpc) is 2.31. The molecule has 0 unspecified atom stereocenters. The molecule has 3 heteroatoms. The minimum absolute atomic E-state index is 0.110. The van der Waals surface area contributed by atoms with E-state index in [4.69, 9.17) is 10.5 Å². The summed E-state index contributed by atoms with van der Waals surface area (Å²) >= 11 is 0. The monoisotopic (exact) mass is 220 g/mol. The van der Waals surface area contributed by atoms with Crippen LogP contribution in [0.5, 0.6) is 0 Å². The number of nitrogens with zero attached hydrogens (tertiary/aromatic N) is 1. The minimum Gasteiger partial charge on any atom is -0.379 e. The average molecular weight is 220 g/mol. The van der Waals surface area contributed by atoms with Gasteiger partial charge < -0.3 is 10.5 Å². The third-order valence-electron chi connectivity index (χ3n) is 3.06. The molecule has 1 aromatic carbocycles. The van der Waals surface area contributed by atoms with E-state index in [0.717, 1.165) is 32.8 Å². The van der Waals surface area contributed by atoms with Gasteiger partial charge in [0.1, 0.15) is 0 Å². The van der Waals surface area contributed by atoms with Crippen molar-refractivity contribution in [2.45, 2.75) is 13.0 Å². The van der Waals surface area contributed by atoms with E-state index < -0.39 is 0 Å². The summed E-state index contributed by atoms with van der Waals surface area (Å²) in [4.78, 5) is 2.37. The zero-order valence-corrected chi connectivity index (χ0v) is 9.86. The van der Waals surface area contributed by atoms with E-state index in [2.05, 4.69) is 36.1 Å². The van der Waals surface area contributed by atoms with Gasteiger partial charge >= 0.3 is 0 Å². The van der Waals surface area contributed by atoms with E-state index in [9.17, 15) is 0 Å². The molecule has 1 heterocycles. The summed E-state index contributed by atoms with van der Waals surface area (Å²) in [5.74, 6) is 0. The molecule has 2 N–H and O–H groups in total. The van der Waals surface area contributed by atoms with Crippen LogP contribution in [0, 0.1) is 6.92 Å². The van der Waals surface area contributed by atoms with Crippen molar-refractivity contribution in [2.24, 2.45) is 5.73 Å². The van der Waals surface area contributed by atoms with Gasteiger partial charge in [0.15, 0.2) is 0 Å². The second-order valence-corrected chi connectivity index (χ2v) is 4.43. The number of morpholine rings is 1. The molecule has 16 heavy (non-hydrogen) atoms. The van der Waals surface area contributed by atoms with Gasteiger partial charge in [-0.15, -0.1) is 0 Å². The van der Waals surface area contributed by atoms with E-state index in [0.29, 0.717) is 0 Å². The van der Waals surface area contributed by atoms with Crippen molar-refractivity contribution in [3.05, 3.63) is 35.4 Å². The molecule has 0 radical (unpaired) electrons. The predicted octanol–water partition coefficient (Wildman–Crippen LogP) is 1.33. The molecule has 0 aliphatic carbocycles. The predicted molar refractivity (Wildman–Crippen MR) is 65.4 cm³/mol. The van der Waals surface area contributed by atoms with Gasteiger partial charge in [0.2, 0.25) is 0 Å². The topological polar surface area (TPSA) is 38.5 Å². The molecule has 0 aromatic heterocycles. The van der Waals surface area contributed by atoms with Crippen LogP contribution < -0.4 is 5.73 Å². The quantitative estimate of drug-likeness (QED) is 0.835. The highest BCUT2D eigenvalue weighted by Gasteiger charge is 2.14. The molecule has 0 bridgehead atoms. The number of hydrogen-bond donors (Lipinski definition) is 1. The van der Waals surface area contributed by atoms with Crippen LogP contribution in [0.2, 0.25) is 0 Å². The van der Waals surface area contributed by atoms with Gasteiger partial charge in [-0.1, -0.05) is 29.8 Å². The minimum atomic E-state index is 0.110. The summed E-state index contributed by atoms with van der Waals surface area (Å²) in [7, 11) is 0. The van der Waals surface area contributed by atoms with Crippen molar-refractivity contribution < 1.29 is 4.74 Å². The molecule has 88 valence electrons. The normalized spacial score (nSPS) is 19.6. The number of aryl methyl sites for hydroxylation is 1. The van der Waals surface area contributed by atoms with Crippen LogP contribution in [-0.2, 0) is 4.74 Å². The highest BCUT2D eigenvalue weighted by Crippen LogP contribution is 2.13. The molecule has 1 fully saturated rings. The van der Waals surface area contributed by atoms with Gasteiger partial charge in [0.05, 0.1) is 13.2 Å². The Labute approximate surface area is 97.2 Å². The van der Waals surface area contributed by atoms with Crippen molar-refractivity contribution in [1.29, 1.82) is 0 Å². The van der Waals surface area contributed by atoms with E-state index in [1.165, 1.54) is 11.1 Å². The molecule has 0 amide bonds. The molecule has 3 nitrogen and oxygen atoms in total. The second kappa shape index (κ2) is 5.43. The standard InChI is InChI=1S/C13H20N2O/c1-11-2-4-12(5-3-11)13(14)10-15-6-8-16-9-7-15/h2-5,13H,6-10,14H2,1H3/t13-/m1/s1. The van der Waals surface area contributed by atoms with Gasteiger partial charge in [-0.05, 0) is 12.5 Å². The van der Waals surface area contributed by atoms with Crippen LogP contribution in [0.15, 0.2) is 24.3 Å². The molecule has 1 saturated heterocycles. The summed E-state index contributed by atoms with van der Waals surface area (Å²) in [5, 5.41) is 0. The summed E-state index contributed by atoms with van der Waals surface area (Å²) in [6, 6.07) is 8.60. The molecule has 1 aliphatic rings. The summed E-state index contributed by atoms with van der Waals surface area (Å²) in [6.45, 7) is 6.68. The smallest absolute Gasteiger partial charge is 0.0594 e. The molecule has 1 aromatic rings. The third kappa shape index (κ3) is 3.04. The number of nitrogens with two attached hydrogens (primary N) is 1. The lowest BCUT2D eigenvalue weighted by Gasteiger charge is -2.29. The van der Waals surface area contributed by atoms with Crippen molar-refractivity contribution in [1.82, 2.24) is 4.90 Å². The van der Waals surface area contributed by atoms with E-state index in [1.54, 1.807) is 0 Å². The van der Waals surface area contributed by atoms with E-state index in [-0.39, 0.29) is 6.04 Å². The fourth-order valence-corrected chi connectivity index (χ4v) is 1.98. The first kappa shape index (κ1) is 11.6. The van der Waals surface area contributed by atoms with Crippen LogP contribution in [0.4, 0.5) is 0 Å². The van der Waals surface area contributed by atoms with Crippen LogP contribution in [0.25, 0.3) is 0 Å². The Morgan fingerprint density at radius 3 is 2.50 bits per heavy atom. The number of ether oxygens (including phenoxy) is 1. The van der Waals surface area contributed by atoms with Crippen LogP contribution in [0.3, 0.4) is 0 Å². The Morgan fingerprint density at radius 2 is 1.88 bits per heavy atom. The van der Waals surface area contributed by atoms with Crippen LogP contribution in [0.1, 0.15) is 17.2 Å². The molecule has 1 atom stereocenters. The molecular weight excluding hydrogens is 200 g/mol. The fourth-order valence-electron chi connectivity index (χ4n) is 1.98. The van der Waals surface area contributed by atoms with E-state index in [1.807, 2.05) is 0 Å². The highest BCUT2D eigenvalue weighted by molar-refractivity contribution is 5.24. The Balaban J connectivity index is 1.91. The first-order chi connectivity index (χ1) is 7.75. The zero-order valence-electron chi connectivity index (χ0n) is 9.86. The highest BCUT2D eigenvalue weighted by atomic mass is 16.5. The van der Waals surface area contributed by atoms with Crippen molar-refractivity contribution >= 4 is 0 Å². The van der Waals surface area contributed by atoms with Crippen LogP contribution in [-0.4, -0.2) is 37.7 Å². The summed E-state index contributed by atoms with van der Waals surface area (Å²) < 4.78 is 5.32. The number of rotatable bonds is 3. The molecular formula is C13H20N2O. The lowest BCUT2D eigenvalue weighted by molar-refractivity contribution is 0.0352. The Morgan fingerprint density at radius 1 is 1.25 bits per heavy atom. The zero-order chi connectivity index (χ0) is 11.4. The van der Waals surface area contributed by atoms with Crippen LogP contribution >= 0.6 is 0 Å². The van der Waals surface area contributed by atoms with Gasteiger partial charge in [-0.2, -0.15) is 0 Å². The molecule has 2 rings (SSSR count). The second-order valence-electron chi connectivity index (χ2n) is 4.43. The van der Waals surface area contributed by atoms with E-state index >= 15 is 0 Å². The fraction of sp³-hybridized carbons (Fsp3) is 0.538. The third-order valence-corrected chi connectivity index (χ3v) is 3.06. The summed E-state index contributed by atoms with van der Waals surface area (Å²) in [5.41, 5.74) is 8.69. The molecule has 0 saturated carbocycles. The largest absolute Gasteiger partial charge is 0.379 e. The number of hydrogen-bond acceptors (Lipinski definition) is 3. The first-order valence-electron chi connectivity index (χ1n) is 5.88. The molecule has 1 aliphatic heterocycles. The van der Waals surface area contributed by atoms with Crippen molar-refractivity contribution in [3.8, 4) is 0 Å². The van der Waals surface area contributed by atoms with Gasteiger partial charge in [0.25, 0.3) is 0 Å². The van der Waals surface area contributed by atoms with Gasteiger partial charge in [-0.3, -0.25) is 4.90 Å². The lowest BCUT2D eigenvalue weighted by atomic mass is 10.1. The Bertz CT molecular complexity index is 317. The van der Waals surface area contributed by atoms with Crippen molar-refractivity contribution in [3.63, 3.8) is 0 Å². The van der Waals surface area contributed by atoms with Crippen molar-refractivity contribution in [2.75, 3.05) is 32.8 Å². The SMILES string of the molecule is Cc1ccc([C@H](N)CN2CCOCC2)cc1. The first-order valence-corrected chi connectivity index (χ1v) is 5.88. The Hall–Kier alpha value is -0.900. The maximum atomic E-state index is 6.19. The van der Waals surface area contributed by atoms with Gasteiger partial charge in [0, 0.05) is 25.7 Å². The molecule has 0 spiro atoms.